The highest BCUT2D eigenvalue weighted by Gasteiger charge is 2.26. The molecule has 1 saturated heterocycles. The number of nitrogens with zero attached hydrogens (tertiary/aromatic N) is 3. The van der Waals surface area contributed by atoms with Crippen molar-refractivity contribution in [2.45, 2.75) is 19.4 Å². The lowest BCUT2D eigenvalue weighted by Gasteiger charge is -2.25. The number of ether oxygens (including phenoxy) is 1. The van der Waals surface area contributed by atoms with Gasteiger partial charge in [0.2, 0.25) is 0 Å². The van der Waals surface area contributed by atoms with Crippen molar-refractivity contribution in [3.8, 4) is 5.75 Å². The Morgan fingerprint density at radius 3 is 2.44 bits per heavy atom. The maximum atomic E-state index is 12.7. The van der Waals surface area contributed by atoms with Crippen LogP contribution < -0.4 is 4.74 Å². The number of amides is 2. The minimum atomic E-state index is -0.607. The monoisotopic (exact) mass is 387 g/mol. The molecular formula is C20H22ClN3O3. The van der Waals surface area contributed by atoms with E-state index in [-0.39, 0.29) is 11.8 Å². The highest BCUT2D eigenvalue weighted by Crippen LogP contribution is 2.18. The topological polar surface area (TPSA) is 62.7 Å². The summed E-state index contributed by atoms with van der Waals surface area (Å²) in [6, 6.07) is 12.2. The number of carbonyl (C=O) groups excluding carboxylic acids is 2. The zero-order valence-electron chi connectivity index (χ0n) is 15.2. The van der Waals surface area contributed by atoms with Crippen molar-refractivity contribution in [1.82, 2.24) is 14.8 Å². The molecule has 1 unspecified atom stereocenters. The highest BCUT2D eigenvalue weighted by molar-refractivity contribution is 6.30. The van der Waals surface area contributed by atoms with Gasteiger partial charge in [0.15, 0.2) is 6.10 Å². The van der Waals surface area contributed by atoms with Crippen LogP contribution in [0.15, 0.2) is 48.7 Å². The van der Waals surface area contributed by atoms with Crippen LogP contribution in [-0.2, 0) is 4.79 Å². The molecule has 0 saturated carbocycles. The Hall–Kier alpha value is -2.60. The lowest BCUT2D eigenvalue weighted by atomic mass is 10.3. The number of carbonyl (C=O) groups is 2. The Bertz CT molecular complexity index is 783. The molecule has 1 fully saturated rings. The van der Waals surface area contributed by atoms with E-state index in [4.69, 9.17) is 16.3 Å². The fraction of sp³-hybridized carbons (Fsp3) is 0.350. The Morgan fingerprint density at radius 1 is 1.04 bits per heavy atom. The van der Waals surface area contributed by atoms with Gasteiger partial charge in [-0.05, 0) is 49.7 Å². The van der Waals surface area contributed by atoms with Crippen molar-refractivity contribution >= 4 is 23.4 Å². The second-order valence-corrected chi connectivity index (χ2v) is 6.84. The molecule has 3 rings (SSSR count). The molecule has 0 spiro atoms. The predicted molar refractivity (Wildman–Crippen MR) is 103 cm³/mol. The summed E-state index contributed by atoms with van der Waals surface area (Å²) in [5.41, 5.74) is 0.428. The number of halogens is 1. The summed E-state index contributed by atoms with van der Waals surface area (Å²) in [4.78, 5) is 32.9. The number of rotatable bonds is 4. The zero-order valence-corrected chi connectivity index (χ0v) is 15.9. The van der Waals surface area contributed by atoms with E-state index < -0.39 is 6.10 Å². The molecule has 2 aromatic rings. The molecule has 0 radical (unpaired) electrons. The van der Waals surface area contributed by atoms with Crippen LogP contribution in [0, 0.1) is 0 Å². The summed E-state index contributed by atoms with van der Waals surface area (Å²) in [5, 5.41) is 0.617. The van der Waals surface area contributed by atoms with Gasteiger partial charge in [-0.1, -0.05) is 17.7 Å². The van der Waals surface area contributed by atoms with E-state index in [0.29, 0.717) is 42.6 Å². The summed E-state index contributed by atoms with van der Waals surface area (Å²) in [7, 11) is 0. The van der Waals surface area contributed by atoms with Crippen LogP contribution in [0.25, 0.3) is 0 Å². The van der Waals surface area contributed by atoms with E-state index in [1.807, 2.05) is 0 Å². The molecule has 0 aliphatic carbocycles. The SMILES string of the molecule is CC(Oc1ccc(Cl)cc1)C(=O)N1CCCN(C(=O)c2ccccn2)CC1. The van der Waals surface area contributed by atoms with Crippen molar-refractivity contribution < 1.29 is 14.3 Å². The van der Waals surface area contributed by atoms with E-state index in [2.05, 4.69) is 4.98 Å². The average molecular weight is 388 g/mol. The molecule has 0 bridgehead atoms. The molecule has 7 heteroatoms. The van der Waals surface area contributed by atoms with Crippen molar-refractivity contribution in [2.75, 3.05) is 26.2 Å². The van der Waals surface area contributed by atoms with Gasteiger partial charge in [0.1, 0.15) is 11.4 Å². The Balaban J connectivity index is 1.57. The molecule has 27 heavy (non-hydrogen) atoms. The third-order valence-electron chi connectivity index (χ3n) is 4.45. The van der Waals surface area contributed by atoms with Crippen molar-refractivity contribution in [3.63, 3.8) is 0 Å². The molecule has 2 heterocycles. The van der Waals surface area contributed by atoms with Gasteiger partial charge < -0.3 is 14.5 Å². The second kappa shape index (κ2) is 8.86. The quantitative estimate of drug-likeness (QED) is 0.809. The van der Waals surface area contributed by atoms with Crippen LogP contribution in [0.5, 0.6) is 5.75 Å². The predicted octanol–water partition coefficient (Wildman–Crippen LogP) is 2.88. The first-order chi connectivity index (χ1) is 13.0. The van der Waals surface area contributed by atoms with Gasteiger partial charge in [-0.15, -0.1) is 0 Å². The number of benzene rings is 1. The van der Waals surface area contributed by atoms with Gasteiger partial charge >= 0.3 is 0 Å². The van der Waals surface area contributed by atoms with Crippen LogP contribution in [0.4, 0.5) is 0 Å². The van der Waals surface area contributed by atoms with Gasteiger partial charge in [-0.2, -0.15) is 0 Å². The first-order valence-electron chi connectivity index (χ1n) is 8.96. The van der Waals surface area contributed by atoms with E-state index in [1.165, 1.54) is 0 Å². The standard InChI is InChI=1S/C20H22ClN3O3/c1-15(27-17-8-6-16(21)7-9-17)19(25)23-11-4-12-24(14-13-23)20(26)18-5-2-3-10-22-18/h2-3,5-10,15H,4,11-14H2,1H3. The number of hydrogen-bond acceptors (Lipinski definition) is 4. The van der Waals surface area contributed by atoms with Gasteiger partial charge in [0, 0.05) is 37.4 Å². The van der Waals surface area contributed by atoms with Gasteiger partial charge in [0.05, 0.1) is 0 Å². The number of hydrogen-bond donors (Lipinski definition) is 0. The lowest BCUT2D eigenvalue weighted by molar-refractivity contribution is -0.137. The van der Waals surface area contributed by atoms with Crippen LogP contribution in [0.1, 0.15) is 23.8 Å². The molecular weight excluding hydrogens is 366 g/mol. The molecule has 1 aliphatic rings. The van der Waals surface area contributed by atoms with Crippen LogP contribution in [0.2, 0.25) is 5.02 Å². The Labute approximate surface area is 163 Å². The summed E-state index contributed by atoms with van der Waals surface area (Å²) in [5.74, 6) is 0.412. The van der Waals surface area contributed by atoms with Crippen LogP contribution >= 0.6 is 11.6 Å². The summed E-state index contributed by atoms with van der Waals surface area (Å²) in [6.07, 6.45) is 1.72. The molecule has 1 aromatic carbocycles. The maximum absolute atomic E-state index is 12.7. The Morgan fingerprint density at radius 2 is 1.74 bits per heavy atom. The van der Waals surface area contributed by atoms with Gasteiger partial charge in [-0.25, -0.2) is 0 Å². The fourth-order valence-electron chi connectivity index (χ4n) is 3.02. The summed E-state index contributed by atoms with van der Waals surface area (Å²) < 4.78 is 5.73. The minimum absolute atomic E-state index is 0.0860. The molecule has 1 aromatic heterocycles. The second-order valence-electron chi connectivity index (χ2n) is 6.40. The Kier molecular flexibility index (Phi) is 6.29. The van der Waals surface area contributed by atoms with Gasteiger partial charge in [-0.3, -0.25) is 14.6 Å². The first-order valence-corrected chi connectivity index (χ1v) is 9.34. The van der Waals surface area contributed by atoms with E-state index in [1.54, 1.807) is 65.4 Å². The molecule has 142 valence electrons. The van der Waals surface area contributed by atoms with Crippen LogP contribution in [-0.4, -0.2) is 58.9 Å². The van der Waals surface area contributed by atoms with Crippen LogP contribution in [0.3, 0.4) is 0 Å². The molecule has 1 atom stereocenters. The average Bonchev–Trinajstić information content (AvgIpc) is 2.95. The summed E-state index contributed by atoms with van der Waals surface area (Å²) in [6.45, 7) is 3.89. The van der Waals surface area contributed by atoms with Crippen molar-refractivity contribution in [3.05, 3.63) is 59.4 Å². The lowest BCUT2D eigenvalue weighted by Crippen LogP contribution is -2.43. The van der Waals surface area contributed by atoms with E-state index >= 15 is 0 Å². The molecule has 1 aliphatic heterocycles. The highest BCUT2D eigenvalue weighted by atomic mass is 35.5. The number of aromatic nitrogens is 1. The van der Waals surface area contributed by atoms with E-state index in [9.17, 15) is 9.59 Å². The molecule has 6 nitrogen and oxygen atoms in total. The largest absolute Gasteiger partial charge is 0.481 e. The normalized spacial score (nSPS) is 15.8. The minimum Gasteiger partial charge on any atom is -0.481 e. The van der Waals surface area contributed by atoms with Crippen molar-refractivity contribution in [2.24, 2.45) is 0 Å². The van der Waals surface area contributed by atoms with Crippen molar-refractivity contribution in [1.29, 1.82) is 0 Å². The summed E-state index contributed by atoms with van der Waals surface area (Å²) >= 11 is 5.87. The first kappa shape index (κ1) is 19.2. The molecule has 2 amide bonds. The van der Waals surface area contributed by atoms with Gasteiger partial charge in [0.25, 0.3) is 11.8 Å². The van der Waals surface area contributed by atoms with E-state index in [0.717, 1.165) is 6.42 Å². The fourth-order valence-corrected chi connectivity index (χ4v) is 3.14. The molecule has 0 N–H and O–H groups in total. The third kappa shape index (κ3) is 4.98. The zero-order chi connectivity index (χ0) is 19.2. The maximum Gasteiger partial charge on any atom is 0.272 e. The number of pyridine rings is 1. The third-order valence-corrected chi connectivity index (χ3v) is 4.71. The smallest absolute Gasteiger partial charge is 0.272 e.